The molecule has 0 aromatic heterocycles. The summed E-state index contributed by atoms with van der Waals surface area (Å²) in [6.45, 7) is 1.03. The zero-order valence-electron chi connectivity index (χ0n) is 6.21. The summed E-state index contributed by atoms with van der Waals surface area (Å²) in [5.74, 6) is 1.25. The van der Waals surface area contributed by atoms with Crippen LogP contribution in [0.15, 0.2) is 0 Å². The van der Waals surface area contributed by atoms with Gasteiger partial charge >= 0.3 is 0 Å². The van der Waals surface area contributed by atoms with Crippen molar-refractivity contribution in [2.45, 2.75) is 37.0 Å². The fourth-order valence-corrected chi connectivity index (χ4v) is 2.81. The molecule has 1 saturated heterocycles. The van der Waals surface area contributed by atoms with Crippen LogP contribution in [0.1, 0.15) is 25.7 Å². The van der Waals surface area contributed by atoms with Crippen molar-refractivity contribution in [3.05, 3.63) is 0 Å². The van der Waals surface area contributed by atoms with Crippen LogP contribution in [0, 0.1) is 0 Å². The van der Waals surface area contributed by atoms with E-state index in [2.05, 4.69) is 11.8 Å². The lowest BCUT2D eigenvalue weighted by Gasteiger charge is -2.05. The van der Waals surface area contributed by atoms with Gasteiger partial charge in [-0.25, -0.2) is 0 Å². The molecule has 1 nitrogen and oxygen atoms in total. The fourth-order valence-electron chi connectivity index (χ4n) is 1.46. The van der Waals surface area contributed by atoms with E-state index >= 15 is 0 Å². The summed E-state index contributed by atoms with van der Waals surface area (Å²) in [5.41, 5.74) is 0. The van der Waals surface area contributed by atoms with Crippen molar-refractivity contribution in [2.24, 2.45) is 0 Å². The molecule has 2 heteroatoms. The smallest absolute Gasteiger partial charge is 0.0900 e. The maximum Gasteiger partial charge on any atom is 0.0900 e. The van der Waals surface area contributed by atoms with Crippen molar-refractivity contribution in [1.82, 2.24) is 0 Å². The molecule has 1 atom stereocenters. The minimum Gasteiger partial charge on any atom is -0.372 e. The molecule has 10 heavy (non-hydrogen) atoms. The third-order valence-corrected chi connectivity index (χ3v) is 3.73. The first-order valence-electron chi connectivity index (χ1n) is 4.18. The van der Waals surface area contributed by atoms with Gasteiger partial charge < -0.3 is 4.74 Å². The zero-order chi connectivity index (χ0) is 6.81. The molecule has 1 aliphatic carbocycles. The van der Waals surface area contributed by atoms with Crippen molar-refractivity contribution >= 4 is 11.8 Å². The first-order valence-corrected chi connectivity index (χ1v) is 5.23. The highest BCUT2D eigenvalue weighted by molar-refractivity contribution is 7.99. The van der Waals surface area contributed by atoms with Crippen molar-refractivity contribution in [3.8, 4) is 0 Å². The van der Waals surface area contributed by atoms with E-state index in [1.165, 1.54) is 31.4 Å². The average Bonchev–Trinajstić information content (AvgIpc) is 2.63. The zero-order valence-corrected chi connectivity index (χ0v) is 7.03. The fraction of sp³-hybridized carbons (Fsp3) is 1.00. The summed E-state index contributed by atoms with van der Waals surface area (Å²) < 4.78 is 5.15. The maximum atomic E-state index is 5.15. The molecule has 2 aliphatic rings. The van der Waals surface area contributed by atoms with Gasteiger partial charge in [0.25, 0.3) is 0 Å². The molecule has 0 N–H and O–H groups in total. The van der Waals surface area contributed by atoms with Gasteiger partial charge in [0.1, 0.15) is 0 Å². The van der Waals surface area contributed by atoms with Crippen molar-refractivity contribution in [3.63, 3.8) is 0 Å². The van der Waals surface area contributed by atoms with Crippen LogP contribution in [0.4, 0.5) is 0 Å². The molecule has 1 aliphatic heterocycles. The number of thioether (sulfide) groups is 1. The van der Waals surface area contributed by atoms with Crippen LogP contribution in [0.2, 0.25) is 0 Å². The van der Waals surface area contributed by atoms with Gasteiger partial charge in [0.05, 0.1) is 12.7 Å². The Hall–Kier alpha value is 0.310. The van der Waals surface area contributed by atoms with E-state index in [1.807, 2.05) is 0 Å². The quantitative estimate of drug-likeness (QED) is 0.583. The van der Waals surface area contributed by atoms with Gasteiger partial charge in [0.2, 0.25) is 0 Å². The van der Waals surface area contributed by atoms with E-state index in [0.717, 1.165) is 11.9 Å². The van der Waals surface area contributed by atoms with Crippen LogP contribution < -0.4 is 0 Å². The number of epoxide rings is 1. The molecule has 58 valence electrons. The van der Waals surface area contributed by atoms with E-state index < -0.39 is 0 Å². The van der Waals surface area contributed by atoms with E-state index in [4.69, 9.17) is 4.74 Å². The Morgan fingerprint density at radius 3 is 2.60 bits per heavy atom. The molecule has 0 aromatic rings. The first kappa shape index (κ1) is 6.99. The van der Waals surface area contributed by atoms with E-state index in [-0.39, 0.29) is 0 Å². The van der Waals surface area contributed by atoms with Gasteiger partial charge in [0.15, 0.2) is 0 Å². The van der Waals surface area contributed by atoms with Gasteiger partial charge in [-0.15, -0.1) is 0 Å². The van der Waals surface area contributed by atoms with Gasteiger partial charge in [-0.2, -0.15) is 11.8 Å². The summed E-state index contributed by atoms with van der Waals surface area (Å²) in [6.07, 6.45) is 6.46. The SMILES string of the molecule is C1CCC(SC[C@@H]2CO2)C1. The highest BCUT2D eigenvalue weighted by Crippen LogP contribution is 2.31. The summed E-state index contributed by atoms with van der Waals surface area (Å²) in [6, 6.07) is 0. The lowest BCUT2D eigenvalue weighted by molar-refractivity contribution is 0.426. The number of ether oxygens (including phenoxy) is 1. The van der Waals surface area contributed by atoms with E-state index in [1.54, 1.807) is 0 Å². The van der Waals surface area contributed by atoms with Gasteiger partial charge in [-0.3, -0.25) is 0 Å². The number of hydrogen-bond acceptors (Lipinski definition) is 2. The van der Waals surface area contributed by atoms with Crippen LogP contribution >= 0.6 is 11.8 Å². The Morgan fingerprint density at radius 1 is 1.30 bits per heavy atom. The van der Waals surface area contributed by atoms with Crippen LogP contribution in [-0.4, -0.2) is 23.7 Å². The third kappa shape index (κ3) is 1.89. The Morgan fingerprint density at radius 2 is 2.00 bits per heavy atom. The Balaban J connectivity index is 1.59. The standard InChI is InChI=1S/C8H14OS/c1-2-4-8(3-1)10-6-7-5-9-7/h7-8H,1-6H2/t7-/m0/s1. The predicted molar refractivity (Wildman–Crippen MR) is 44.5 cm³/mol. The monoisotopic (exact) mass is 158 g/mol. The second kappa shape index (κ2) is 3.14. The predicted octanol–water partition coefficient (Wildman–Crippen LogP) is 2.06. The molecule has 2 rings (SSSR count). The number of hydrogen-bond donors (Lipinski definition) is 0. The second-order valence-electron chi connectivity index (χ2n) is 3.20. The Kier molecular flexibility index (Phi) is 2.19. The summed E-state index contributed by atoms with van der Waals surface area (Å²) >= 11 is 2.13. The molecular weight excluding hydrogens is 144 g/mol. The highest BCUT2D eigenvalue weighted by atomic mass is 32.2. The average molecular weight is 158 g/mol. The minimum absolute atomic E-state index is 0.630. The first-order chi connectivity index (χ1) is 4.95. The molecule has 1 heterocycles. The topological polar surface area (TPSA) is 12.5 Å². The minimum atomic E-state index is 0.630. The lowest BCUT2D eigenvalue weighted by Crippen LogP contribution is -1.99. The second-order valence-corrected chi connectivity index (χ2v) is 4.53. The molecule has 0 spiro atoms. The highest BCUT2D eigenvalue weighted by Gasteiger charge is 2.24. The van der Waals surface area contributed by atoms with E-state index in [9.17, 15) is 0 Å². The summed E-state index contributed by atoms with van der Waals surface area (Å²) in [7, 11) is 0. The molecule has 0 amide bonds. The van der Waals surface area contributed by atoms with E-state index in [0.29, 0.717) is 6.10 Å². The summed E-state index contributed by atoms with van der Waals surface area (Å²) in [5, 5.41) is 0.976. The third-order valence-electron chi connectivity index (χ3n) is 2.22. The van der Waals surface area contributed by atoms with Crippen molar-refractivity contribution < 1.29 is 4.74 Å². The summed E-state index contributed by atoms with van der Waals surface area (Å²) in [4.78, 5) is 0. The molecular formula is C8H14OS. The normalized spacial score (nSPS) is 33.0. The van der Waals surface area contributed by atoms with Crippen molar-refractivity contribution in [1.29, 1.82) is 0 Å². The molecule has 0 aromatic carbocycles. The molecule has 1 saturated carbocycles. The van der Waals surface area contributed by atoms with Crippen LogP contribution in [0.25, 0.3) is 0 Å². The molecule has 0 unspecified atom stereocenters. The van der Waals surface area contributed by atoms with Gasteiger partial charge in [-0.1, -0.05) is 12.8 Å². The van der Waals surface area contributed by atoms with Crippen LogP contribution in [-0.2, 0) is 4.74 Å². The van der Waals surface area contributed by atoms with Gasteiger partial charge in [-0.05, 0) is 12.8 Å². The molecule has 0 radical (unpaired) electrons. The molecule has 0 bridgehead atoms. The maximum absolute atomic E-state index is 5.15. The lowest BCUT2D eigenvalue weighted by atomic mass is 10.4. The molecule has 2 fully saturated rings. The number of rotatable bonds is 3. The van der Waals surface area contributed by atoms with Crippen LogP contribution in [0.3, 0.4) is 0 Å². The van der Waals surface area contributed by atoms with Crippen molar-refractivity contribution in [2.75, 3.05) is 12.4 Å². The van der Waals surface area contributed by atoms with Crippen LogP contribution in [0.5, 0.6) is 0 Å². The Bertz CT molecular complexity index is 106. The Labute approximate surface area is 66.5 Å². The van der Waals surface area contributed by atoms with Gasteiger partial charge in [0, 0.05) is 11.0 Å². The largest absolute Gasteiger partial charge is 0.372 e.